The maximum Gasteiger partial charge on any atom is 0.236 e. The highest BCUT2D eigenvalue weighted by molar-refractivity contribution is 5.79. The summed E-state index contributed by atoms with van der Waals surface area (Å²) < 4.78 is 6.18. The minimum Gasteiger partial charge on any atom is -0.489 e. The molecule has 3 aliphatic heterocycles. The molecule has 0 N–H and O–H groups in total. The molecule has 1 aromatic carbocycles. The van der Waals surface area contributed by atoms with Crippen LogP contribution in [0.2, 0.25) is 0 Å². The van der Waals surface area contributed by atoms with Crippen LogP contribution in [0.25, 0.3) is 0 Å². The Balaban J connectivity index is 1.31. The quantitative estimate of drug-likeness (QED) is 0.623. The number of piperazine rings is 1. The molecule has 2 saturated heterocycles. The van der Waals surface area contributed by atoms with Crippen LogP contribution in [0.4, 0.5) is 0 Å². The lowest BCUT2D eigenvalue weighted by Crippen LogP contribution is -2.51. The predicted octanol–water partition coefficient (Wildman–Crippen LogP) is 2.62. The second-order valence-electron chi connectivity index (χ2n) is 10.8. The summed E-state index contributed by atoms with van der Waals surface area (Å²) in [7, 11) is 2.11. The average Bonchev–Trinajstić information content (AvgIpc) is 2.83. The number of likely N-dealkylation sites (N-methyl/N-ethyl adjacent to an activating group) is 1. The molecular formula is C28H40N4O3. The lowest BCUT2D eigenvalue weighted by molar-refractivity contribution is -0.137. The standard InChI is InChI=1S/C28H40N4O3/c1-29-13-15-30(16-14-29)27(33)18-22-11-12-31-19-23(22)7-5-17-35-26-10-3-2-6-24(26)20-32(21-28(31)34)25-8-4-9-25/h2-3,5-7,10,22-23,25H,4,8-9,11-21H2,1H3/b7-5-/t22-,23-/m0/s1. The third-order valence-electron chi connectivity index (χ3n) is 8.45. The van der Waals surface area contributed by atoms with Gasteiger partial charge in [-0.2, -0.15) is 0 Å². The van der Waals surface area contributed by atoms with Crippen LogP contribution in [0.15, 0.2) is 36.4 Å². The monoisotopic (exact) mass is 480 g/mol. The van der Waals surface area contributed by atoms with Gasteiger partial charge in [0.15, 0.2) is 0 Å². The molecule has 0 unspecified atom stereocenters. The fourth-order valence-electron chi connectivity index (χ4n) is 5.84. The molecule has 1 aliphatic carbocycles. The van der Waals surface area contributed by atoms with Gasteiger partial charge < -0.3 is 19.4 Å². The number of nitrogens with zero attached hydrogens (tertiary/aromatic N) is 4. The van der Waals surface area contributed by atoms with Crippen LogP contribution in [0, 0.1) is 11.8 Å². The number of carbonyl (C=O) groups excluding carboxylic acids is 2. The van der Waals surface area contributed by atoms with Crippen LogP contribution in [0.3, 0.4) is 0 Å². The first-order valence-electron chi connectivity index (χ1n) is 13.4. The first-order valence-corrected chi connectivity index (χ1v) is 13.4. The van der Waals surface area contributed by atoms with Crippen molar-refractivity contribution in [3.8, 4) is 5.75 Å². The minimum absolute atomic E-state index is 0.181. The van der Waals surface area contributed by atoms with E-state index < -0.39 is 0 Å². The van der Waals surface area contributed by atoms with Crippen molar-refractivity contribution in [3.05, 3.63) is 42.0 Å². The zero-order valence-corrected chi connectivity index (χ0v) is 21.1. The molecule has 4 aliphatic rings. The van der Waals surface area contributed by atoms with Gasteiger partial charge in [-0.3, -0.25) is 14.5 Å². The van der Waals surface area contributed by atoms with Crippen LogP contribution in [-0.4, -0.2) is 96.9 Å². The summed E-state index contributed by atoms with van der Waals surface area (Å²) in [5.41, 5.74) is 1.15. The number of hydrogen-bond donors (Lipinski definition) is 0. The Morgan fingerprint density at radius 2 is 1.83 bits per heavy atom. The van der Waals surface area contributed by atoms with Crippen LogP contribution in [-0.2, 0) is 16.1 Å². The number of ether oxygens (including phenoxy) is 1. The fourth-order valence-corrected chi connectivity index (χ4v) is 5.84. The topological polar surface area (TPSA) is 56.3 Å². The van der Waals surface area contributed by atoms with E-state index in [1.807, 2.05) is 21.9 Å². The number of benzene rings is 1. The molecule has 2 bridgehead atoms. The molecule has 7 nitrogen and oxygen atoms in total. The summed E-state index contributed by atoms with van der Waals surface area (Å²) in [5, 5.41) is 0. The number of rotatable bonds is 3. The zero-order chi connectivity index (χ0) is 24.2. The van der Waals surface area contributed by atoms with Crippen molar-refractivity contribution in [2.75, 3.05) is 59.5 Å². The molecule has 1 aromatic rings. The number of fused-ring (bicyclic) bond motifs is 3. The average molecular weight is 481 g/mol. The normalized spacial score (nSPS) is 28.1. The molecule has 0 radical (unpaired) electrons. The molecule has 0 spiro atoms. The van der Waals surface area contributed by atoms with Gasteiger partial charge in [-0.05, 0) is 44.2 Å². The highest BCUT2D eigenvalue weighted by Gasteiger charge is 2.35. The van der Waals surface area contributed by atoms with Crippen molar-refractivity contribution in [1.29, 1.82) is 0 Å². The first-order chi connectivity index (χ1) is 17.1. The summed E-state index contributed by atoms with van der Waals surface area (Å²) >= 11 is 0. The molecule has 7 heteroatoms. The summed E-state index contributed by atoms with van der Waals surface area (Å²) in [4.78, 5) is 35.2. The van der Waals surface area contributed by atoms with Gasteiger partial charge >= 0.3 is 0 Å². The largest absolute Gasteiger partial charge is 0.489 e. The van der Waals surface area contributed by atoms with Crippen molar-refractivity contribution in [3.63, 3.8) is 0 Å². The SMILES string of the molecule is CN1CCN(C(=O)C[C@@H]2CCN3C[C@@H]2/C=C\COc2ccccc2CN(C2CCC2)CC3=O)CC1. The predicted molar refractivity (Wildman–Crippen MR) is 136 cm³/mol. The van der Waals surface area contributed by atoms with Gasteiger partial charge in [-0.25, -0.2) is 0 Å². The Morgan fingerprint density at radius 1 is 1.03 bits per heavy atom. The van der Waals surface area contributed by atoms with Crippen molar-refractivity contribution in [1.82, 2.24) is 19.6 Å². The third-order valence-corrected chi connectivity index (χ3v) is 8.45. The van der Waals surface area contributed by atoms with Crippen molar-refractivity contribution in [2.45, 2.75) is 44.7 Å². The van der Waals surface area contributed by atoms with E-state index in [1.165, 1.54) is 6.42 Å². The van der Waals surface area contributed by atoms with Gasteiger partial charge in [0.05, 0.1) is 6.54 Å². The molecule has 1 saturated carbocycles. The third kappa shape index (κ3) is 5.89. The molecule has 190 valence electrons. The van der Waals surface area contributed by atoms with Crippen LogP contribution in [0.1, 0.15) is 37.7 Å². The highest BCUT2D eigenvalue weighted by atomic mass is 16.5. The highest BCUT2D eigenvalue weighted by Crippen LogP contribution is 2.32. The van der Waals surface area contributed by atoms with Gasteiger partial charge in [-0.15, -0.1) is 0 Å². The molecule has 0 aromatic heterocycles. The Kier molecular flexibility index (Phi) is 7.73. The van der Waals surface area contributed by atoms with Gasteiger partial charge in [-0.1, -0.05) is 36.8 Å². The number of amides is 2. The van der Waals surface area contributed by atoms with E-state index in [0.29, 0.717) is 32.2 Å². The second-order valence-corrected chi connectivity index (χ2v) is 10.8. The molecule has 2 amide bonds. The summed E-state index contributed by atoms with van der Waals surface area (Å²) in [6.07, 6.45) is 9.31. The van der Waals surface area contributed by atoms with E-state index in [4.69, 9.17) is 4.74 Å². The van der Waals surface area contributed by atoms with Gasteiger partial charge in [0.2, 0.25) is 11.8 Å². The molecule has 5 rings (SSSR count). The summed E-state index contributed by atoms with van der Waals surface area (Å²) in [5.74, 6) is 1.83. The zero-order valence-electron chi connectivity index (χ0n) is 21.1. The van der Waals surface area contributed by atoms with Crippen molar-refractivity contribution in [2.24, 2.45) is 11.8 Å². The van der Waals surface area contributed by atoms with E-state index in [-0.39, 0.29) is 23.7 Å². The Hall–Kier alpha value is -2.38. The summed E-state index contributed by atoms with van der Waals surface area (Å²) in [6, 6.07) is 8.69. The fraction of sp³-hybridized carbons (Fsp3) is 0.643. The second kappa shape index (κ2) is 11.1. The van der Waals surface area contributed by atoms with Crippen molar-refractivity contribution < 1.29 is 14.3 Å². The lowest BCUT2D eigenvalue weighted by atomic mass is 9.82. The van der Waals surface area contributed by atoms with Gasteiger partial charge in [0, 0.05) is 63.8 Å². The van der Waals surface area contributed by atoms with Crippen LogP contribution in [0.5, 0.6) is 5.75 Å². The van der Waals surface area contributed by atoms with Crippen LogP contribution < -0.4 is 4.74 Å². The minimum atomic E-state index is 0.181. The number of hydrogen-bond acceptors (Lipinski definition) is 5. The maximum atomic E-state index is 13.4. The van der Waals surface area contributed by atoms with E-state index >= 15 is 0 Å². The van der Waals surface area contributed by atoms with Gasteiger partial charge in [0.1, 0.15) is 12.4 Å². The Labute approximate surface area is 209 Å². The smallest absolute Gasteiger partial charge is 0.236 e. The number of carbonyl (C=O) groups is 2. The van der Waals surface area contributed by atoms with Crippen LogP contribution >= 0.6 is 0 Å². The molecule has 2 atom stereocenters. The van der Waals surface area contributed by atoms with E-state index in [9.17, 15) is 9.59 Å². The number of para-hydroxylation sites is 1. The Morgan fingerprint density at radius 3 is 2.60 bits per heavy atom. The maximum absolute atomic E-state index is 13.4. The van der Waals surface area contributed by atoms with E-state index in [0.717, 1.165) is 69.8 Å². The molecule has 3 fully saturated rings. The van der Waals surface area contributed by atoms with E-state index in [1.54, 1.807) is 0 Å². The molecule has 35 heavy (non-hydrogen) atoms. The van der Waals surface area contributed by atoms with Gasteiger partial charge in [0.25, 0.3) is 0 Å². The molecule has 3 heterocycles. The lowest BCUT2D eigenvalue weighted by Gasteiger charge is -2.41. The number of piperidine rings is 1. The summed E-state index contributed by atoms with van der Waals surface area (Å²) in [6.45, 7) is 6.67. The van der Waals surface area contributed by atoms with Crippen molar-refractivity contribution >= 4 is 11.8 Å². The first kappa shape index (κ1) is 24.3. The van der Waals surface area contributed by atoms with E-state index in [2.05, 4.69) is 41.1 Å². The molecular weight excluding hydrogens is 440 g/mol. The Bertz CT molecular complexity index is 923.